The van der Waals surface area contributed by atoms with Crippen molar-refractivity contribution in [2.45, 2.75) is 97.3 Å². The Kier molecular flexibility index (Phi) is 12.5. The molecule has 0 bridgehead atoms. The van der Waals surface area contributed by atoms with Crippen molar-refractivity contribution < 1.29 is 46.9 Å². The number of likely N-dealkylation sites (tertiary alicyclic amines) is 2. The molecule has 340 valence electrons. The first kappa shape index (κ1) is 44.3. The number of ether oxygens (including phenoxy) is 4. The Morgan fingerprint density at radius 3 is 2.28 bits per heavy atom. The number of amides is 4. The van der Waals surface area contributed by atoms with Gasteiger partial charge in [0.15, 0.2) is 0 Å². The lowest BCUT2D eigenvalue weighted by Crippen LogP contribution is -2.52. The highest BCUT2D eigenvalue weighted by molar-refractivity contribution is 6.06. The highest BCUT2D eigenvalue weighted by atomic mass is 19.3. The van der Waals surface area contributed by atoms with E-state index in [1.807, 2.05) is 56.0 Å². The van der Waals surface area contributed by atoms with Crippen LogP contribution in [-0.4, -0.2) is 106 Å². The molecule has 3 aliphatic rings. The molecule has 3 aromatic carbocycles. The minimum atomic E-state index is -2.95. The van der Waals surface area contributed by atoms with Crippen LogP contribution in [0.4, 0.5) is 18.4 Å². The van der Waals surface area contributed by atoms with Gasteiger partial charge in [-0.25, -0.2) is 19.6 Å². The molecular weight excluding hydrogens is 831 g/mol. The maximum Gasteiger partial charge on any atom is 0.407 e. The van der Waals surface area contributed by atoms with E-state index in [0.29, 0.717) is 35.9 Å². The Bertz CT molecular complexity index is 2580. The van der Waals surface area contributed by atoms with E-state index in [1.54, 1.807) is 24.9 Å². The molecule has 0 aliphatic carbocycles. The molecule has 6 atom stereocenters. The fraction of sp³-hybridized carbons (Fsp3) is 0.478. The van der Waals surface area contributed by atoms with Gasteiger partial charge in [-0.05, 0) is 84.9 Å². The molecule has 4 N–H and O–H groups in total. The highest BCUT2D eigenvalue weighted by Crippen LogP contribution is 2.44. The molecule has 0 unspecified atom stereocenters. The third kappa shape index (κ3) is 8.54. The van der Waals surface area contributed by atoms with E-state index >= 15 is 0 Å². The van der Waals surface area contributed by atoms with Crippen LogP contribution in [0.1, 0.15) is 83.2 Å². The average Bonchev–Trinajstić information content (AvgIpc) is 4.10. The Hall–Kier alpha value is -6.30. The summed E-state index contributed by atoms with van der Waals surface area (Å²) in [7, 11) is 2.50. The largest absolute Gasteiger partial charge is 0.488 e. The van der Waals surface area contributed by atoms with Gasteiger partial charge < -0.3 is 49.3 Å². The number of fused-ring (bicyclic) bond motifs is 6. The highest BCUT2D eigenvalue weighted by Gasteiger charge is 2.43. The summed E-state index contributed by atoms with van der Waals surface area (Å²) in [6.07, 6.45) is 2.21. The van der Waals surface area contributed by atoms with Crippen molar-refractivity contribution in [3.63, 3.8) is 0 Å². The van der Waals surface area contributed by atoms with Crippen LogP contribution in [-0.2, 0) is 30.4 Å². The number of aromatic nitrogens is 4. The van der Waals surface area contributed by atoms with E-state index in [2.05, 4.69) is 37.5 Å². The van der Waals surface area contributed by atoms with E-state index in [0.717, 1.165) is 57.1 Å². The van der Waals surface area contributed by atoms with Crippen molar-refractivity contribution >= 4 is 45.8 Å². The average molecular weight is 885 g/mol. The number of alkyl halides is 2. The number of aromatic amines is 2. The van der Waals surface area contributed by atoms with Crippen molar-refractivity contribution in [2.24, 2.45) is 17.8 Å². The Balaban J connectivity index is 1.05. The zero-order valence-electron chi connectivity index (χ0n) is 36.9. The monoisotopic (exact) mass is 884 g/mol. The van der Waals surface area contributed by atoms with Crippen molar-refractivity contribution in [1.82, 2.24) is 40.4 Å². The SMILES string of the molecule is COC(=O)N[C@H](C(=O)N1C[C@@H](COC(F)F)C[C@H]1c1nc2c(ccc3cc4c(cc32)COc2cc(-c3cnc([C@@H]5CC[C@H](C)N5C(=O)[C@@H](NC(=O)OC)C(C)C)[nH]3)ccc2-4)[nH]1)C(C)C. The van der Waals surface area contributed by atoms with E-state index in [9.17, 15) is 28.0 Å². The summed E-state index contributed by atoms with van der Waals surface area (Å²) in [6.45, 7) is 6.65. The van der Waals surface area contributed by atoms with Crippen LogP contribution >= 0.6 is 0 Å². The second-order valence-corrected chi connectivity index (χ2v) is 17.6. The van der Waals surface area contributed by atoms with Crippen molar-refractivity contribution in [3.05, 3.63) is 65.9 Å². The molecule has 5 aromatic rings. The summed E-state index contributed by atoms with van der Waals surface area (Å²) in [5, 5.41) is 7.16. The van der Waals surface area contributed by atoms with Gasteiger partial charge in [-0.3, -0.25) is 9.59 Å². The number of carbonyl (C=O) groups excluding carboxylic acids is 4. The molecule has 0 spiro atoms. The predicted molar refractivity (Wildman–Crippen MR) is 232 cm³/mol. The maximum atomic E-state index is 14.0. The van der Waals surface area contributed by atoms with Crippen molar-refractivity contribution in [3.8, 4) is 28.1 Å². The first-order valence-corrected chi connectivity index (χ1v) is 21.6. The van der Waals surface area contributed by atoms with Gasteiger partial charge in [0.25, 0.3) is 0 Å². The predicted octanol–water partition coefficient (Wildman–Crippen LogP) is 7.61. The zero-order chi connectivity index (χ0) is 45.6. The van der Waals surface area contributed by atoms with Gasteiger partial charge >= 0.3 is 18.8 Å². The molecule has 2 aromatic heterocycles. The smallest absolute Gasteiger partial charge is 0.407 e. The summed E-state index contributed by atoms with van der Waals surface area (Å²) >= 11 is 0. The second-order valence-electron chi connectivity index (χ2n) is 17.6. The fourth-order valence-corrected chi connectivity index (χ4v) is 9.39. The molecule has 5 heterocycles. The summed E-state index contributed by atoms with van der Waals surface area (Å²) in [6, 6.07) is 11.6. The number of halogens is 2. The topological polar surface area (TPSA) is 193 Å². The summed E-state index contributed by atoms with van der Waals surface area (Å²) in [5.74, 6) is 0.496. The van der Waals surface area contributed by atoms with Crippen LogP contribution in [0.2, 0.25) is 0 Å². The molecule has 4 amide bonds. The molecule has 2 saturated heterocycles. The molecule has 64 heavy (non-hydrogen) atoms. The molecule has 18 heteroatoms. The second kappa shape index (κ2) is 18.1. The Labute approximate surface area is 368 Å². The number of methoxy groups -OCH3 is 2. The minimum Gasteiger partial charge on any atom is -0.488 e. The minimum absolute atomic E-state index is 0.0457. The lowest BCUT2D eigenvalue weighted by atomic mass is 9.92. The standard InChI is InChI=1S/C46H54F2N8O8/c1-22(2)37(53-45(59)61-6)42(57)55-19-25(20-64-44(47)48)14-35(55)41-50-32-12-10-26-15-30-28(16-31(26)39(32)52-41)21-63-36-17-27(9-11-29(30)36)33-18-49-40(51-33)34-13-8-24(5)56(34)43(58)38(23(3)4)54-46(60)62-7/h9-12,15-18,22-25,34-35,37-38,44H,8,13-14,19-21H2,1-7H3,(H,49,51)(H,50,52)(H,53,59)(H,54,60)/t24-,25-,34-,35-,37-,38-/m0/s1. The van der Waals surface area contributed by atoms with Gasteiger partial charge in [0.2, 0.25) is 11.8 Å². The maximum absolute atomic E-state index is 14.0. The lowest BCUT2D eigenvalue weighted by Gasteiger charge is -2.32. The van der Waals surface area contributed by atoms with Crippen LogP contribution in [0.5, 0.6) is 5.75 Å². The van der Waals surface area contributed by atoms with Crippen LogP contribution in [0.3, 0.4) is 0 Å². The quantitative estimate of drug-likeness (QED) is 0.0970. The molecular formula is C46H54F2N8O8. The zero-order valence-corrected chi connectivity index (χ0v) is 36.9. The van der Waals surface area contributed by atoms with Crippen LogP contribution < -0.4 is 15.4 Å². The van der Waals surface area contributed by atoms with E-state index in [1.165, 1.54) is 14.2 Å². The van der Waals surface area contributed by atoms with Crippen LogP contribution in [0.25, 0.3) is 44.2 Å². The lowest BCUT2D eigenvalue weighted by molar-refractivity contribution is -0.139. The Morgan fingerprint density at radius 2 is 1.59 bits per heavy atom. The van der Waals surface area contributed by atoms with E-state index in [4.69, 9.17) is 24.2 Å². The summed E-state index contributed by atoms with van der Waals surface area (Å²) in [4.78, 5) is 72.3. The fourth-order valence-electron chi connectivity index (χ4n) is 9.39. The molecule has 2 fully saturated rings. The van der Waals surface area contributed by atoms with Gasteiger partial charge in [-0.1, -0.05) is 39.8 Å². The molecule has 16 nitrogen and oxygen atoms in total. The van der Waals surface area contributed by atoms with Gasteiger partial charge in [0.05, 0.1) is 55.8 Å². The van der Waals surface area contributed by atoms with Crippen molar-refractivity contribution in [1.29, 1.82) is 0 Å². The number of hydrogen-bond donors (Lipinski definition) is 4. The third-order valence-electron chi connectivity index (χ3n) is 12.7. The van der Waals surface area contributed by atoms with E-state index in [-0.39, 0.29) is 48.9 Å². The number of hydrogen-bond acceptors (Lipinski definition) is 10. The number of benzene rings is 3. The van der Waals surface area contributed by atoms with Gasteiger partial charge in [0, 0.05) is 35.0 Å². The summed E-state index contributed by atoms with van der Waals surface area (Å²) in [5.41, 5.74) is 5.98. The number of alkyl carbamates (subject to hydrolysis) is 2. The third-order valence-corrected chi connectivity index (χ3v) is 12.7. The van der Waals surface area contributed by atoms with Crippen molar-refractivity contribution in [2.75, 3.05) is 27.4 Å². The van der Waals surface area contributed by atoms with Crippen LogP contribution in [0, 0.1) is 17.8 Å². The molecule has 8 rings (SSSR count). The number of rotatable bonds is 12. The normalized spacial score (nSPS) is 20.4. The first-order valence-electron chi connectivity index (χ1n) is 21.6. The number of nitrogens with zero attached hydrogens (tertiary/aromatic N) is 4. The molecule has 0 saturated carbocycles. The number of H-pyrrole nitrogens is 2. The number of imidazole rings is 2. The number of nitrogens with one attached hydrogen (secondary N) is 4. The van der Waals surface area contributed by atoms with Gasteiger partial charge in [-0.2, -0.15) is 8.78 Å². The van der Waals surface area contributed by atoms with Crippen LogP contribution in [0.15, 0.2) is 48.7 Å². The molecule has 0 radical (unpaired) electrons. The van der Waals surface area contributed by atoms with E-state index < -0.39 is 42.8 Å². The Morgan fingerprint density at radius 1 is 0.875 bits per heavy atom. The number of carbonyl (C=O) groups is 4. The molecule has 3 aliphatic heterocycles. The summed E-state index contributed by atoms with van der Waals surface area (Å²) < 4.78 is 46.8. The first-order chi connectivity index (χ1) is 30.6. The van der Waals surface area contributed by atoms with Gasteiger partial charge in [-0.15, -0.1) is 0 Å². The van der Waals surface area contributed by atoms with Gasteiger partial charge in [0.1, 0.15) is 36.1 Å².